The number of thiazole rings is 1. The van der Waals surface area contributed by atoms with E-state index in [4.69, 9.17) is 4.74 Å². The first kappa shape index (κ1) is 22.1. The molecule has 1 unspecified atom stereocenters. The lowest BCUT2D eigenvalue weighted by atomic mass is 10.0. The van der Waals surface area contributed by atoms with Crippen molar-refractivity contribution < 1.29 is 18.7 Å². The highest BCUT2D eigenvalue weighted by Crippen LogP contribution is 2.32. The molecule has 2 aliphatic heterocycles. The van der Waals surface area contributed by atoms with Gasteiger partial charge in [0.1, 0.15) is 5.82 Å². The number of carbonyl (C=O) groups is 2. The molecule has 2 amide bonds. The third kappa shape index (κ3) is 4.29. The van der Waals surface area contributed by atoms with Gasteiger partial charge >= 0.3 is 0 Å². The molecular formula is C25H24FN5O3S. The summed E-state index contributed by atoms with van der Waals surface area (Å²) < 4.78 is 23.3. The van der Waals surface area contributed by atoms with Crippen molar-refractivity contribution in [1.29, 1.82) is 0 Å². The summed E-state index contributed by atoms with van der Waals surface area (Å²) in [5.41, 5.74) is 3.18. The van der Waals surface area contributed by atoms with E-state index in [0.29, 0.717) is 42.1 Å². The Balaban J connectivity index is 1.25. The van der Waals surface area contributed by atoms with E-state index in [-0.39, 0.29) is 36.3 Å². The predicted octanol–water partition coefficient (Wildman–Crippen LogP) is 3.02. The highest BCUT2D eigenvalue weighted by atomic mass is 32.1. The lowest BCUT2D eigenvalue weighted by Gasteiger charge is -2.24. The van der Waals surface area contributed by atoms with Crippen LogP contribution in [-0.4, -0.2) is 53.5 Å². The van der Waals surface area contributed by atoms with E-state index in [0.717, 1.165) is 28.0 Å². The molecule has 0 spiro atoms. The summed E-state index contributed by atoms with van der Waals surface area (Å²) in [6.07, 6.45) is 3.47. The fraction of sp³-hybridized carbons (Fsp3) is 0.320. The lowest BCUT2D eigenvalue weighted by molar-refractivity contribution is -0.122. The van der Waals surface area contributed by atoms with Crippen molar-refractivity contribution in [3.05, 3.63) is 59.5 Å². The number of hydrogen-bond acceptors (Lipinski definition) is 6. The van der Waals surface area contributed by atoms with Gasteiger partial charge in [0.05, 0.1) is 28.5 Å². The molecule has 4 heterocycles. The van der Waals surface area contributed by atoms with E-state index in [1.165, 1.54) is 17.4 Å². The van der Waals surface area contributed by atoms with Crippen LogP contribution in [0.5, 0.6) is 0 Å². The first-order chi connectivity index (χ1) is 17.0. The summed E-state index contributed by atoms with van der Waals surface area (Å²) in [7, 11) is 0. The Hall–Kier alpha value is -3.34. The minimum absolute atomic E-state index is 0.0861. The molecule has 0 bridgehead atoms. The Kier molecular flexibility index (Phi) is 5.71. The van der Waals surface area contributed by atoms with Crippen LogP contribution in [0.3, 0.4) is 0 Å². The lowest BCUT2D eigenvalue weighted by Crippen LogP contribution is -2.47. The first-order valence-electron chi connectivity index (χ1n) is 11.7. The van der Waals surface area contributed by atoms with Gasteiger partial charge in [0.15, 0.2) is 4.96 Å². The van der Waals surface area contributed by atoms with Gasteiger partial charge in [-0.3, -0.25) is 14.0 Å². The standard InChI is InChI=1S/C25H24FN5O3S/c26-18-9-14(19-11-27-12-23(32)29-19)1-3-17(18)20-13-31-21-4-2-15(10-22(21)35-25(31)30-20)24(33)28-16-5-7-34-8-6-16/h1-4,9-10,13,16,19,27H,5-8,11-12H2,(H,28,33)(H,29,32). The smallest absolute Gasteiger partial charge is 0.251 e. The highest BCUT2D eigenvalue weighted by molar-refractivity contribution is 7.23. The fourth-order valence-corrected chi connectivity index (χ4v) is 5.71. The van der Waals surface area contributed by atoms with E-state index in [2.05, 4.69) is 20.9 Å². The van der Waals surface area contributed by atoms with Gasteiger partial charge in [0.2, 0.25) is 5.91 Å². The van der Waals surface area contributed by atoms with E-state index < -0.39 is 0 Å². The van der Waals surface area contributed by atoms with Crippen LogP contribution in [0.2, 0.25) is 0 Å². The van der Waals surface area contributed by atoms with Crippen LogP contribution >= 0.6 is 11.3 Å². The van der Waals surface area contributed by atoms with Gasteiger partial charge in [-0.15, -0.1) is 0 Å². The first-order valence-corrected chi connectivity index (χ1v) is 12.5. The van der Waals surface area contributed by atoms with Gasteiger partial charge in [-0.05, 0) is 48.7 Å². The molecule has 1 atom stereocenters. The molecule has 0 radical (unpaired) electrons. The zero-order valence-corrected chi connectivity index (χ0v) is 19.7. The Bertz CT molecular complexity index is 1440. The topological polar surface area (TPSA) is 96.8 Å². The average Bonchev–Trinajstić information content (AvgIpc) is 3.42. The number of benzene rings is 2. The molecule has 2 aromatic heterocycles. The van der Waals surface area contributed by atoms with Gasteiger partial charge < -0.3 is 20.7 Å². The summed E-state index contributed by atoms with van der Waals surface area (Å²) in [5, 5.41) is 8.99. The highest BCUT2D eigenvalue weighted by Gasteiger charge is 2.22. The number of rotatable bonds is 4. The largest absolute Gasteiger partial charge is 0.381 e. The molecule has 6 rings (SSSR count). The quantitative estimate of drug-likeness (QED) is 0.406. The molecule has 8 nitrogen and oxygen atoms in total. The van der Waals surface area contributed by atoms with Crippen molar-refractivity contribution in [3.63, 3.8) is 0 Å². The zero-order valence-electron chi connectivity index (χ0n) is 18.8. The number of fused-ring (bicyclic) bond motifs is 3. The molecule has 0 aliphatic carbocycles. The molecule has 2 aromatic carbocycles. The van der Waals surface area contributed by atoms with Crippen LogP contribution in [0.25, 0.3) is 26.4 Å². The molecular weight excluding hydrogens is 469 g/mol. The van der Waals surface area contributed by atoms with Gasteiger partial charge in [0.25, 0.3) is 5.91 Å². The zero-order chi connectivity index (χ0) is 23.9. The van der Waals surface area contributed by atoms with Gasteiger partial charge in [-0.25, -0.2) is 9.37 Å². The number of nitrogens with one attached hydrogen (secondary N) is 3. The number of nitrogens with zero attached hydrogens (tertiary/aromatic N) is 2. The molecule has 3 N–H and O–H groups in total. The van der Waals surface area contributed by atoms with Crippen LogP contribution in [0.1, 0.15) is 34.8 Å². The van der Waals surface area contributed by atoms with Crippen LogP contribution in [-0.2, 0) is 9.53 Å². The van der Waals surface area contributed by atoms with Crippen molar-refractivity contribution in [1.82, 2.24) is 25.3 Å². The Morgan fingerprint density at radius 3 is 2.86 bits per heavy atom. The van der Waals surface area contributed by atoms with Crippen molar-refractivity contribution in [2.45, 2.75) is 24.9 Å². The van der Waals surface area contributed by atoms with E-state index in [1.807, 2.05) is 34.9 Å². The van der Waals surface area contributed by atoms with E-state index >= 15 is 4.39 Å². The Labute approximate surface area is 204 Å². The van der Waals surface area contributed by atoms with Gasteiger partial charge in [0, 0.05) is 43.1 Å². The number of carbonyl (C=O) groups excluding carboxylic acids is 2. The van der Waals surface area contributed by atoms with Crippen LogP contribution < -0.4 is 16.0 Å². The summed E-state index contributed by atoms with van der Waals surface area (Å²) in [6.45, 7) is 2.18. The summed E-state index contributed by atoms with van der Waals surface area (Å²) in [4.78, 5) is 29.7. The number of aromatic nitrogens is 2. The summed E-state index contributed by atoms with van der Waals surface area (Å²) in [6, 6.07) is 10.5. The number of piperazine rings is 1. The molecule has 10 heteroatoms. The number of imidazole rings is 1. The Morgan fingerprint density at radius 2 is 2.06 bits per heavy atom. The normalized spacial score (nSPS) is 19.2. The van der Waals surface area contributed by atoms with Crippen LogP contribution in [0.4, 0.5) is 4.39 Å². The molecule has 180 valence electrons. The molecule has 0 saturated carbocycles. The number of ether oxygens (including phenoxy) is 1. The summed E-state index contributed by atoms with van der Waals surface area (Å²) >= 11 is 1.46. The van der Waals surface area contributed by atoms with E-state index in [1.54, 1.807) is 6.07 Å². The third-order valence-corrected chi connectivity index (χ3v) is 7.57. The average molecular weight is 494 g/mol. The minimum Gasteiger partial charge on any atom is -0.381 e. The second-order valence-electron chi connectivity index (χ2n) is 8.91. The monoisotopic (exact) mass is 493 g/mol. The second-order valence-corrected chi connectivity index (χ2v) is 9.92. The molecule has 35 heavy (non-hydrogen) atoms. The molecule has 2 saturated heterocycles. The van der Waals surface area contributed by atoms with Crippen LogP contribution in [0, 0.1) is 5.82 Å². The van der Waals surface area contributed by atoms with E-state index in [9.17, 15) is 9.59 Å². The second kappa shape index (κ2) is 9.03. The number of amides is 2. The van der Waals surface area contributed by atoms with Crippen molar-refractivity contribution >= 4 is 38.3 Å². The van der Waals surface area contributed by atoms with Crippen molar-refractivity contribution in [2.75, 3.05) is 26.3 Å². The SMILES string of the molecule is O=C1CNCC(c2ccc(-c3cn4c(n3)sc3cc(C(=O)NC5CCOCC5)ccc34)c(F)c2)N1. The predicted molar refractivity (Wildman–Crippen MR) is 131 cm³/mol. The van der Waals surface area contributed by atoms with Gasteiger partial charge in [-0.1, -0.05) is 17.4 Å². The number of hydrogen-bond donors (Lipinski definition) is 3. The molecule has 2 fully saturated rings. The van der Waals surface area contributed by atoms with Crippen molar-refractivity contribution in [3.8, 4) is 11.3 Å². The summed E-state index contributed by atoms with van der Waals surface area (Å²) in [5.74, 6) is -0.572. The maximum atomic E-state index is 15.0. The third-order valence-electron chi connectivity index (χ3n) is 6.55. The Morgan fingerprint density at radius 1 is 1.20 bits per heavy atom. The van der Waals surface area contributed by atoms with Crippen LogP contribution in [0.15, 0.2) is 42.6 Å². The van der Waals surface area contributed by atoms with Crippen molar-refractivity contribution in [2.24, 2.45) is 0 Å². The number of halogens is 1. The minimum atomic E-state index is -0.385. The fourth-order valence-electron chi connectivity index (χ4n) is 4.67. The molecule has 2 aliphatic rings. The maximum absolute atomic E-state index is 15.0. The maximum Gasteiger partial charge on any atom is 0.251 e. The van der Waals surface area contributed by atoms with Gasteiger partial charge in [-0.2, -0.15) is 0 Å². The molecule has 4 aromatic rings.